The molecule has 0 atom stereocenters. The topological polar surface area (TPSA) is 59.1 Å². The van der Waals surface area contributed by atoms with Gasteiger partial charge in [-0.25, -0.2) is 4.98 Å². The van der Waals surface area contributed by atoms with Crippen molar-refractivity contribution in [1.29, 1.82) is 0 Å². The van der Waals surface area contributed by atoms with Crippen molar-refractivity contribution in [2.24, 2.45) is 0 Å². The van der Waals surface area contributed by atoms with E-state index in [1.54, 1.807) is 13.3 Å². The number of nitrogens with one attached hydrogen (secondary N) is 2. The number of nitrogens with zero attached hydrogens (tertiary/aromatic N) is 2. The van der Waals surface area contributed by atoms with Crippen molar-refractivity contribution in [3.8, 4) is 5.75 Å². The van der Waals surface area contributed by atoms with Gasteiger partial charge in [0.15, 0.2) is 0 Å². The minimum absolute atomic E-state index is 0.602. The van der Waals surface area contributed by atoms with E-state index in [1.165, 1.54) is 11.1 Å². The Bertz CT molecular complexity index is 818. The fourth-order valence-electron chi connectivity index (χ4n) is 2.46. The van der Waals surface area contributed by atoms with Crippen LogP contribution in [-0.2, 0) is 13.1 Å². The van der Waals surface area contributed by atoms with E-state index in [0.717, 1.165) is 17.1 Å². The van der Waals surface area contributed by atoms with Crippen LogP contribution in [-0.4, -0.2) is 17.1 Å². The zero-order valence-corrected chi connectivity index (χ0v) is 14.5. The number of rotatable bonds is 7. The highest BCUT2D eigenvalue weighted by Crippen LogP contribution is 2.18. The van der Waals surface area contributed by atoms with Crippen LogP contribution < -0.4 is 15.4 Å². The third-order valence-corrected chi connectivity index (χ3v) is 3.88. The van der Waals surface area contributed by atoms with Crippen molar-refractivity contribution in [2.45, 2.75) is 20.0 Å². The average molecular weight is 334 g/mol. The minimum atomic E-state index is 0.602. The van der Waals surface area contributed by atoms with E-state index in [-0.39, 0.29) is 0 Å². The monoisotopic (exact) mass is 334 g/mol. The molecule has 0 aliphatic heterocycles. The number of ether oxygens (including phenoxy) is 1. The molecule has 1 aromatic heterocycles. The normalized spacial score (nSPS) is 10.3. The molecule has 0 bridgehead atoms. The van der Waals surface area contributed by atoms with Crippen molar-refractivity contribution in [3.63, 3.8) is 0 Å². The predicted octanol–water partition coefficient (Wildman–Crippen LogP) is 4.02. The molecule has 5 nitrogen and oxygen atoms in total. The van der Waals surface area contributed by atoms with E-state index in [4.69, 9.17) is 4.74 Å². The van der Waals surface area contributed by atoms with Crippen molar-refractivity contribution >= 4 is 11.8 Å². The van der Waals surface area contributed by atoms with Gasteiger partial charge in [0.1, 0.15) is 11.6 Å². The van der Waals surface area contributed by atoms with Gasteiger partial charge in [-0.2, -0.15) is 4.98 Å². The molecule has 128 valence electrons. The van der Waals surface area contributed by atoms with Gasteiger partial charge in [-0.3, -0.25) is 0 Å². The molecule has 25 heavy (non-hydrogen) atoms. The molecular weight excluding hydrogens is 312 g/mol. The van der Waals surface area contributed by atoms with Crippen LogP contribution in [0.15, 0.2) is 60.8 Å². The zero-order valence-electron chi connectivity index (χ0n) is 14.5. The molecule has 0 aliphatic carbocycles. The van der Waals surface area contributed by atoms with E-state index < -0.39 is 0 Å². The fraction of sp³-hybridized carbons (Fsp3) is 0.200. The molecule has 5 heteroatoms. The van der Waals surface area contributed by atoms with E-state index in [2.05, 4.69) is 51.8 Å². The Morgan fingerprint density at radius 3 is 2.52 bits per heavy atom. The van der Waals surface area contributed by atoms with Crippen LogP contribution in [0.4, 0.5) is 11.8 Å². The molecule has 0 spiro atoms. The van der Waals surface area contributed by atoms with Gasteiger partial charge in [0, 0.05) is 24.8 Å². The molecule has 0 fully saturated rings. The first kappa shape index (κ1) is 16.8. The summed E-state index contributed by atoms with van der Waals surface area (Å²) in [5.74, 6) is 2.24. The number of aryl methyl sites for hydroxylation is 1. The molecule has 3 aromatic rings. The Labute approximate surface area is 148 Å². The Hall–Kier alpha value is -3.08. The van der Waals surface area contributed by atoms with Crippen molar-refractivity contribution in [3.05, 3.63) is 77.5 Å². The first-order valence-corrected chi connectivity index (χ1v) is 8.23. The maximum atomic E-state index is 5.37. The lowest BCUT2D eigenvalue weighted by Gasteiger charge is -2.11. The molecule has 0 radical (unpaired) electrons. The van der Waals surface area contributed by atoms with Crippen LogP contribution in [0.2, 0.25) is 0 Å². The van der Waals surface area contributed by atoms with Gasteiger partial charge < -0.3 is 15.4 Å². The summed E-state index contributed by atoms with van der Waals surface area (Å²) in [6, 6.07) is 18.2. The fourth-order valence-corrected chi connectivity index (χ4v) is 2.46. The van der Waals surface area contributed by atoms with Crippen LogP contribution >= 0.6 is 0 Å². The summed E-state index contributed by atoms with van der Waals surface area (Å²) < 4.78 is 5.37. The second-order valence-electron chi connectivity index (χ2n) is 5.77. The van der Waals surface area contributed by atoms with Crippen molar-refractivity contribution < 1.29 is 4.74 Å². The molecule has 0 saturated heterocycles. The number of anilines is 2. The summed E-state index contributed by atoms with van der Waals surface area (Å²) in [6.45, 7) is 3.41. The van der Waals surface area contributed by atoms with Crippen LogP contribution in [0.5, 0.6) is 5.75 Å². The minimum Gasteiger partial charge on any atom is -0.496 e. The Morgan fingerprint density at radius 2 is 1.72 bits per heavy atom. The first-order valence-electron chi connectivity index (χ1n) is 8.23. The molecule has 0 saturated carbocycles. The Balaban J connectivity index is 1.60. The number of aromatic nitrogens is 2. The number of para-hydroxylation sites is 1. The van der Waals surface area contributed by atoms with Crippen LogP contribution in [0.3, 0.4) is 0 Å². The van der Waals surface area contributed by atoms with Crippen molar-refractivity contribution in [2.75, 3.05) is 17.7 Å². The molecular formula is C20H22N4O. The molecule has 3 rings (SSSR count). The van der Waals surface area contributed by atoms with Gasteiger partial charge in [-0.1, -0.05) is 48.0 Å². The number of hydrogen-bond donors (Lipinski definition) is 2. The zero-order chi connectivity index (χ0) is 17.5. The van der Waals surface area contributed by atoms with Gasteiger partial charge in [-0.15, -0.1) is 0 Å². The molecule has 2 aromatic carbocycles. The molecule has 2 N–H and O–H groups in total. The van der Waals surface area contributed by atoms with Crippen LogP contribution in [0.25, 0.3) is 0 Å². The molecule has 0 aliphatic rings. The van der Waals surface area contributed by atoms with Gasteiger partial charge in [0.2, 0.25) is 5.95 Å². The third kappa shape index (κ3) is 4.70. The lowest BCUT2D eigenvalue weighted by atomic mass is 10.1. The lowest BCUT2D eigenvalue weighted by molar-refractivity contribution is 0.410. The summed E-state index contributed by atoms with van der Waals surface area (Å²) in [4.78, 5) is 8.78. The van der Waals surface area contributed by atoms with E-state index >= 15 is 0 Å². The predicted molar refractivity (Wildman–Crippen MR) is 101 cm³/mol. The third-order valence-electron chi connectivity index (χ3n) is 3.88. The Morgan fingerprint density at radius 1 is 0.920 bits per heavy atom. The second kappa shape index (κ2) is 8.15. The highest BCUT2D eigenvalue weighted by molar-refractivity contribution is 5.42. The standard InChI is InChI=1S/C20H22N4O/c1-15-7-9-16(10-8-15)13-23-20-21-12-11-19(24-20)22-14-17-5-3-4-6-18(17)25-2/h3-12H,13-14H2,1-2H3,(H2,21,22,23,24). The van der Waals surface area contributed by atoms with Gasteiger partial charge in [0.05, 0.1) is 7.11 Å². The Kier molecular flexibility index (Phi) is 5.46. The number of methoxy groups -OCH3 is 1. The van der Waals surface area contributed by atoms with E-state index in [0.29, 0.717) is 19.0 Å². The SMILES string of the molecule is COc1ccccc1CNc1ccnc(NCc2ccc(C)cc2)n1. The summed E-state index contributed by atoms with van der Waals surface area (Å²) in [6.07, 6.45) is 1.75. The quantitative estimate of drug-likeness (QED) is 0.683. The molecule has 0 unspecified atom stereocenters. The van der Waals surface area contributed by atoms with E-state index in [9.17, 15) is 0 Å². The smallest absolute Gasteiger partial charge is 0.224 e. The first-order chi connectivity index (χ1) is 12.2. The highest BCUT2D eigenvalue weighted by Gasteiger charge is 2.03. The van der Waals surface area contributed by atoms with Crippen LogP contribution in [0, 0.1) is 6.92 Å². The van der Waals surface area contributed by atoms with Gasteiger partial charge in [-0.05, 0) is 24.6 Å². The number of benzene rings is 2. The van der Waals surface area contributed by atoms with Gasteiger partial charge >= 0.3 is 0 Å². The second-order valence-corrected chi connectivity index (χ2v) is 5.77. The average Bonchev–Trinajstić information content (AvgIpc) is 2.66. The molecule has 0 amide bonds. The van der Waals surface area contributed by atoms with E-state index in [1.807, 2.05) is 30.3 Å². The largest absolute Gasteiger partial charge is 0.496 e. The number of hydrogen-bond acceptors (Lipinski definition) is 5. The summed E-state index contributed by atoms with van der Waals surface area (Å²) in [7, 11) is 1.68. The summed E-state index contributed by atoms with van der Waals surface area (Å²) in [5.41, 5.74) is 3.53. The van der Waals surface area contributed by atoms with Crippen molar-refractivity contribution in [1.82, 2.24) is 9.97 Å². The van der Waals surface area contributed by atoms with Gasteiger partial charge in [0.25, 0.3) is 0 Å². The maximum Gasteiger partial charge on any atom is 0.224 e. The highest BCUT2D eigenvalue weighted by atomic mass is 16.5. The summed E-state index contributed by atoms with van der Waals surface area (Å²) in [5, 5.41) is 6.57. The van der Waals surface area contributed by atoms with Crippen LogP contribution in [0.1, 0.15) is 16.7 Å². The maximum absolute atomic E-state index is 5.37. The summed E-state index contributed by atoms with van der Waals surface area (Å²) >= 11 is 0. The molecule has 1 heterocycles. The lowest BCUT2D eigenvalue weighted by Crippen LogP contribution is -2.07.